The van der Waals surface area contributed by atoms with Crippen molar-refractivity contribution < 1.29 is 14.3 Å². The van der Waals surface area contributed by atoms with Crippen LogP contribution in [0.25, 0.3) is 11.1 Å². The number of halogens is 2. The molecule has 2 aromatic carbocycles. The van der Waals surface area contributed by atoms with Gasteiger partial charge in [0.1, 0.15) is 11.5 Å². The molecule has 0 spiro atoms. The molecule has 2 aliphatic heterocycles. The van der Waals surface area contributed by atoms with E-state index in [0.717, 1.165) is 59.7 Å². The van der Waals surface area contributed by atoms with Crippen molar-refractivity contribution in [2.75, 3.05) is 52.5 Å². The fourth-order valence-corrected chi connectivity index (χ4v) is 5.54. The summed E-state index contributed by atoms with van der Waals surface area (Å²) in [5, 5.41) is 0. The highest BCUT2D eigenvalue weighted by Crippen LogP contribution is 2.39. The Bertz CT molecular complexity index is 911. The van der Waals surface area contributed by atoms with Crippen molar-refractivity contribution in [1.82, 2.24) is 9.80 Å². The van der Waals surface area contributed by atoms with Gasteiger partial charge in [-0.3, -0.25) is 4.79 Å². The lowest BCUT2D eigenvalue weighted by Crippen LogP contribution is -2.31. The summed E-state index contributed by atoms with van der Waals surface area (Å²) >= 11 is 0. The summed E-state index contributed by atoms with van der Waals surface area (Å²) < 4.78 is 12.0. The molecule has 1 aliphatic carbocycles. The van der Waals surface area contributed by atoms with Gasteiger partial charge in [0, 0.05) is 24.2 Å². The van der Waals surface area contributed by atoms with E-state index < -0.39 is 0 Å². The van der Waals surface area contributed by atoms with Crippen LogP contribution in [-0.4, -0.2) is 68.1 Å². The number of carbonyl (C=O) groups excluding carboxylic acids is 1. The maximum absolute atomic E-state index is 13.1. The summed E-state index contributed by atoms with van der Waals surface area (Å²) in [4.78, 5) is 18.2. The normalized spacial score (nSPS) is 17.5. The average Bonchev–Trinajstić information content (AvgIpc) is 3.16. The zero-order chi connectivity index (χ0) is 23.2. The highest BCUT2D eigenvalue weighted by atomic mass is 35.5. The van der Waals surface area contributed by atoms with Crippen molar-refractivity contribution in [3.8, 4) is 22.6 Å². The Hall–Kier alpha value is -1.79. The van der Waals surface area contributed by atoms with Crippen LogP contribution in [0.15, 0.2) is 36.4 Å². The van der Waals surface area contributed by atoms with Crippen LogP contribution in [0.2, 0.25) is 0 Å². The Morgan fingerprint density at radius 1 is 0.583 bits per heavy atom. The molecular formula is C29H40Cl2N2O3. The van der Waals surface area contributed by atoms with E-state index in [4.69, 9.17) is 9.47 Å². The van der Waals surface area contributed by atoms with Crippen molar-refractivity contribution >= 4 is 30.6 Å². The molecule has 0 amide bonds. The third-order valence-electron chi connectivity index (χ3n) is 7.43. The van der Waals surface area contributed by atoms with Crippen LogP contribution in [0.5, 0.6) is 11.5 Å². The minimum Gasteiger partial charge on any atom is -0.494 e. The maximum atomic E-state index is 13.1. The molecule has 5 nitrogen and oxygen atoms in total. The standard InChI is InChI=1S/C29H38N2O3.2ClH/c32-29-27-21-23(33-19-7-17-30-13-3-1-4-14-30)9-11-25(27)26-12-10-24(22-28(26)29)34-20-8-18-31-15-5-2-6-16-31;;/h9-12,21-22H,1-8,13-20H2;2*1H. The van der Waals surface area contributed by atoms with Crippen molar-refractivity contribution in [1.29, 1.82) is 0 Å². The Balaban J connectivity index is 0.00000180. The molecule has 0 atom stereocenters. The molecule has 0 radical (unpaired) electrons. The molecule has 2 saturated heterocycles. The van der Waals surface area contributed by atoms with Gasteiger partial charge in [-0.1, -0.05) is 12.8 Å². The molecule has 0 saturated carbocycles. The van der Waals surface area contributed by atoms with Gasteiger partial charge in [-0.05, 0) is 112 Å². The second-order valence-corrected chi connectivity index (χ2v) is 9.95. The number of piperidine rings is 2. The van der Waals surface area contributed by atoms with Gasteiger partial charge in [0.05, 0.1) is 13.2 Å². The van der Waals surface area contributed by atoms with E-state index in [0.29, 0.717) is 13.2 Å². The summed E-state index contributed by atoms with van der Waals surface area (Å²) in [7, 11) is 0. The minimum atomic E-state index is 0. The van der Waals surface area contributed by atoms with E-state index in [1.165, 1.54) is 64.7 Å². The Kier molecular flexibility index (Phi) is 11.4. The molecule has 0 aromatic heterocycles. The second kappa shape index (κ2) is 14.2. The van der Waals surface area contributed by atoms with Gasteiger partial charge in [-0.15, -0.1) is 24.8 Å². The number of benzene rings is 2. The van der Waals surface area contributed by atoms with Gasteiger partial charge in [0.15, 0.2) is 5.78 Å². The van der Waals surface area contributed by atoms with Crippen LogP contribution in [0.4, 0.5) is 0 Å². The maximum Gasteiger partial charge on any atom is 0.194 e. The first kappa shape index (κ1) is 28.8. The van der Waals surface area contributed by atoms with Crippen LogP contribution >= 0.6 is 24.8 Å². The third-order valence-corrected chi connectivity index (χ3v) is 7.43. The number of rotatable bonds is 10. The molecule has 7 heteroatoms. The summed E-state index contributed by atoms with van der Waals surface area (Å²) in [6.07, 6.45) is 10.0. The van der Waals surface area contributed by atoms with E-state index in [1.54, 1.807) is 0 Å². The lowest BCUT2D eigenvalue weighted by atomic mass is 10.1. The van der Waals surface area contributed by atoms with Crippen LogP contribution in [0.1, 0.15) is 67.3 Å². The molecule has 5 rings (SSSR count). The Morgan fingerprint density at radius 3 is 1.42 bits per heavy atom. The van der Waals surface area contributed by atoms with E-state index in [-0.39, 0.29) is 30.6 Å². The molecular weight excluding hydrogens is 495 g/mol. The predicted octanol–water partition coefficient (Wildman–Crippen LogP) is 6.25. The summed E-state index contributed by atoms with van der Waals surface area (Å²) in [6, 6.07) is 11.9. The molecule has 0 unspecified atom stereocenters. The van der Waals surface area contributed by atoms with E-state index >= 15 is 0 Å². The quantitative estimate of drug-likeness (QED) is 0.287. The van der Waals surface area contributed by atoms with Gasteiger partial charge >= 0.3 is 0 Å². The molecule has 0 N–H and O–H groups in total. The first-order chi connectivity index (χ1) is 16.8. The topological polar surface area (TPSA) is 42.0 Å². The number of ketones is 1. The molecule has 0 bridgehead atoms. The zero-order valence-electron chi connectivity index (χ0n) is 21.2. The van der Waals surface area contributed by atoms with E-state index in [1.807, 2.05) is 36.4 Å². The van der Waals surface area contributed by atoms with Crippen LogP contribution in [0.3, 0.4) is 0 Å². The first-order valence-electron chi connectivity index (χ1n) is 13.3. The largest absolute Gasteiger partial charge is 0.494 e. The minimum absolute atomic E-state index is 0. The third kappa shape index (κ3) is 7.16. The number of carbonyl (C=O) groups is 1. The van der Waals surface area contributed by atoms with Gasteiger partial charge in [-0.2, -0.15) is 0 Å². The van der Waals surface area contributed by atoms with E-state index in [9.17, 15) is 4.79 Å². The SMILES string of the molecule is Cl.Cl.O=C1c2cc(OCCCN3CCCCC3)ccc2-c2ccc(OCCCN3CCCCC3)cc21. The second-order valence-electron chi connectivity index (χ2n) is 9.95. The monoisotopic (exact) mass is 534 g/mol. The number of ether oxygens (including phenoxy) is 2. The van der Waals surface area contributed by atoms with Crippen LogP contribution in [-0.2, 0) is 0 Å². The predicted molar refractivity (Wildman–Crippen MR) is 151 cm³/mol. The molecule has 2 fully saturated rings. The highest BCUT2D eigenvalue weighted by Gasteiger charge is 2.27. The van der Waals surface area contributed by atoms with Crippen molar-refractivity contribution in [2.24, 2.45) is 0 Å². The lowest BCUT2D eigenvalue weighted by Gasteiger charge is -2.26. The van der Waals surface area contributed by atoms with Crippen molar-refractivity contribution in [3.63, 3.8) is 0 Å². The number of nitrogens with zero attached hydrogens (tertiary/aromatic N) is 2. The summed E-state index contributed by atoms with van der Waals surface area (Å²) in [5.74, 6) is 1.64. The highest BCUT2D eigenvalue weighted by molar-refractivity contribution is 6.22. The van der Waals surface area contributed by atoms with Gasteiger partial charge in [-0.25, -0.2) is 0 Å². The lowest BCUT2D eigenvalue weighted by molar-refractivity contribution is 0.104. The van der Waals surface area contributed by atoms with Crippen molar-refractivity contribution in [2.45, 2.75) is 51.4 Å². The number of hydrogen-bond acceptors (Lipinski definition) is 5. The van der Waals surface area contributed by atoms with E-state index in [2.05, 4.69) is 9.80 Å². The number of fused-ring (bicyclic) bond motifs is 3. The Morgan fingerprint density at radius 2 is 1.00 bits per heavy atom. The Labute approximate surface area is 228 Å². The average molecular weight is 536 g/mol. The number of hydrogen-bond donors (Lipinski definition) is 0. The molecule has 3 aliphatic rings. The first-order valence-corrected chi connectivity index (χ1v) is 13.3. The zero-order valence-corrected chi connectivity index (χ0v) is 22.8. The molecule has 2 aromatic rings. The molecule has 2 heterocycles. The fraction of sp³-hybridized carbons (Fsp3) is 0.552. The van der Waals surface area contributed by atoms with Gasteiger partial charge in [0.2, 0.25) is 0 Å². The molecule has 198 valence electrons. The summed E-state index contributed by atoms with van der Waals surface area (Å²) in [6.45, 7) is 8.43. The van der Waals surface area contributed by atoms with Crippen LogP contribution in [0, 0.1) is 0 Å². The van der Waals surface area contributed by atoms with Gasteiger partial charge in [0.25, 0.3) is 0 Å². The fourth-order valence-electron chi connectivity index (χ4n) is 5.54. The number of likely N-dealkylation sites (tertiary alicyclic amines) is 2. The summed E-state index contributed by atoms with van der Waals surface area (Å²) in [5.41, 5.74) is 3.48. The molecule has 36 heavy (non-hydrogen) atoms. The smallest absolute Gasteiger partial charge is 0.194 e. The van der Waals surface area contributed by atoms with Gasteiger partial charge < -0.3 is 19.3 Å². The van der Waals surface area contributed by atoms with Crippen LogP contribution < -0.4 is 9.47 Å². The van der Waals surface area contributed by atoms with Crippen molar-refractivity contribution in [3.05, 3.63) is 47.5 Å².